The van der Waals surface area contributed by atoms with Crippen LogP contribution in [0.1, 0.15) is 23.0 Å². The average molecular weight is 400 g/mol. The number of aliphatic hydroxyl groups excluding tert-OH is 1. The van der Waals surface area contributed by atoms with Crippen LogP contribution in [0.4, 0.5) is 10.1 Å². The first kappa shape index (κ1) is 20.7. The molecule has 3 rings (SSSR count). The number of anilines is 1. The number of ether oxygens (including phenoxy) is 2. The molecule has 0 aliphatic heterocycles. The van der Waals surface area contributed by atoms with E-state index in [1.165, 1.54) is 6.07 Å². The van der Waals surface area contributed by atoms with Gasteiger partial charge in [0.25, 0.3) is 0 Å². The van der Waals surface area contributed by atoms with Crippen molar-refractivity contribution >= 4 is 22.6 Å². The van der Waals surface area contributed by atoms with Crippen LogP contribution < -0.4 is 10.1 Å². The summed E-state index contributed by atoms with van der Waals surface area (Å²) in [5.41, 5.74) is 2.53. The molecule has 1 unspecified atom stereocenters. The van der Waals surface area contributed by atoms with Crippen molar-refractivity contribution in [3.8, 4) is 5.75 Å². The van der Waals surface area contributed by atoms with Crippen LogP contribution in [-0.4, -0.2) is 41.5 Å². The van der Waals surface area contributed by atoms with E-state index in [1.54, 1.807) is 37.3 Å². The minimum atomic E-state index is -0.840. The molecule has 3 aromatic rings. The quantitative estimate of drug-likeness (QED) is 0.565. The summed E-state index contributed by atoms with van der Waals surface area (Å²) >= 11 is 0. The predicted octanol–water partition coefficient (Wildman–Crippen LogP) is 3.65. The van der Waals surface area contributed by atoms with E-state index in [9.17, 15) is 14.3 Å². The fourth-order valence-electron chi connectivity index (χ4n) is 3.19. The van der Waals surface area contributed by atoms with E-state index in [0.29, 0.717) is 23.6 Å². The standard InChI is InChI=1S/C22H25FN2O4/c1-4-28-22(27)21-14(2)25(3)20-10-9-16(11-17(20)21)29-13-15(26)12-24-19-8-6-5-7-18(19)23/h5-11,15,24,26H,4,12-13H2,1-3H3. The van der Waals surface area contributed by atoms with Crippen LogP contribution in [0.2, 0.25) is 0 Å². The zero-order valence-corrected chi connectivity index (χ0v) is 16.7. The molecule has 0 aliphatic rings. The molecule has 154 valence electrons. The lowest BCUT2D eigenvalue weighted by molar-refractivity contribution is 0.0527. The molecule has 1 heterocycles. The average Bonchev–Trinajstić information content (AvgIpc) is 2.96. The number of aryl methyl sites for hydroxylation is 1. The number of fused-ring (bicyclic) bond motifs is 1. The van der Waals surface area contributed by atoms with Crippen LogP contribution in [0.5, 0.6) is 5.75 Å². The number of para-hydroxylation sites is 1. The molecule has 29 heavy (non-hydrogen) atoms. The van der Waals surface area contributed by atoms with Crippen molar-refractivity contribution in [3.05, 3.63) is 59.5 Å². The molecule has 0 amide bonds. The number of nitrogens with zero attached hydrogens (tertiary/aromatic N) is 1. The van der Waals surface area contributed by atoms with Gasteiger partial charge in [-0.15, -0.1) is 0 Å². The molecule has 0 aliphatic carbocycles. The molecule has 1 aromatic heterocycles. The molecule has 6 nitrogen and oxygen atoms in total. The van der Waals surface area contributed by atoms with E-state index in [4.69, 9.17) is 9.47 Å². The van der Waals surface area contributed by atoms with Gasteiger partial charge in [-0.25, -0.2) is 9.18 Å². The van der Waals surface area contributed by atoms with E-state index in [0.717, 1.165) is 16.6 Å². The number of benzene rings is 2. The Morgan fingerprint density at radius 2 is 2.03 bits per heavy atom. The second-order valence-electron chi connectivity index (χ2n) is 6.74. The van der Waals surface area contributed by atoms with Crippen molar-refractivity contribution in [2.45, 2.75) is 20.0 Å². The highest BCUT2D eigenvalue weighted by Crippen LogP contribution is 2.29. The first-order valence-corrected chi connectivity index (χ1v) is 9.47. The van der Waals surface area contributed by atoms with E-state index >= 15 is 0 Å². The van der Waals surface area contributed by atoms with Gasteiger partial charge in [0.05, 0.1) is 17.9 Å². The van der Waals surface area contributed by atoms with Crippen molar-refractivity contribution in [3.63, 3.8) is 0 Å². The summed E-state index contributed by atoms with van der Waals surface area (Å²) < 4.78 is 26.4. The number of carbonyl (C=O) groups is 1. The molecule has 0 radical (unpaired) electrons. The maximum Gasteiger partial charge on any atom is 0.340 e. The normalized spacial score (nSPS) is 12.0. The summed E-state index contributed by atoms with van der Waals surface area (Å²) in [4.78, 5) is 12.4. The maximum absolute atomic E-state index is 13.6. The van der Waals surface area contributed by atoms with Crippen LogP contribution in [0, 0.1) is 12.7 Å². The van der Waals surface area contributed by atoms with Gasteiger partial charge in [-0.05, 0) is 44.2 Å². The SMILES string of the molecule is CCOC(=O)c1c(C)n(C)c2ccc(OCC(O)CNc3ccccc3F)cc12. The summed E-state index contributed by atoms with van der Waals surface area (Å²) in [6, 6.07) is 11.7. The summed E-state index contributed by atoms with van der Waals surface area (Å²) in [6.45, 7) is 4.09. The van der Waals surface area contributed by atoms with Gasteiger partial charge in [-0.1, -0.05) is 12.1 Å². The van der Waals surface area contributed by atoms with Crippen LogP contribution in [0.3, 0.4) is 0 Å². The van der Waals surface area contributed by atoms with Gasteiger partial charge in [-0.2, -0.15) is 0 Å². The first-order valence-electron chi connectivity index (χ1n) is 9.47. The Hall–Kier alpha value is -3.06. The largest absolute Gasteiger partial charge is 0.491 e. The number of halogens is 1. The smallest absolute Gasteiger partial charge is 0.340 e. The van der Waals surface area contributed by atoms with Gasteiger partial charge >= 0.3 is 5.97 Å². The van der Waals surface area contributed by atoms with Crippen molar-refractivity contribution in [2.24, 2.45) is 7.05 Å². The highest BCUT2D eigenvalue weighted by atomic mass is 19.1. The maximum atomic E-state index is 13.6. The third-order valence-electron chi connectivity index (χ3n) is 4.79. The molecule has 0 bridgehead atoms. The van der Waals surface area contributed by atoms with Crippen LogP contribution in [0.25, 0.3) is 10.9 Å². The second kappa shape index (κ2) is 8.96. The van der Waals surface area contributed by atoms with E-state index in [2.05, 4.69) is 5.32 Å². The van der Waals surface area contributed by atoms with Gasteiger partial charge in [0, 0.05) is 30.2 Å². The Bertz CT molecular complexity index is 1020. The number of rotatable bonds is 8. The van der Waals surface area contributed by atoms with E-state index < -0.39 is 6.10 Å². The topological polar surface area (TPSA) is 72.7 Å². The lowest BCUT2D eigenvalue weighted by atomic mass is 10.1. The van der Waals surface area contributed by atoms with Crippen LogP contribution in [0.15, 0.2) is 42.5 Å². The number of hydrogen-bond donors (Lipinski definition) is 2. The second-order valence-corrected chi connectivity index (χ2v) is 6.74. The van der Waals surface area contributed by atoms with Gasteiger partial charge in [0.1, 0.15) is 24.3 Å². The predicted molar refractivity (Wildman–Crippen MR) is 110 cm³/mol. The Kier molecular flexibility index (Phi) is 6.39. The summed E-state index contributed by atoms with van der Waals surface area (Å²) in [7, 11) is 1.89. The minimum absolute atomic E-state index is 0.0213. The molecule has 0 saturated carbocycles. The van der Waals surface area contributed by atoms with Gasteiger partial charge < -0.3 is 24.5 Å². The zero-order valence-electron chi connectivity index (χ0n) is 16.7. The number of nitrogens with one attached hydrogen (secondary N) is 1. The van der Waals surface area contributed by atoms with Gasteiger partial charge in [0.2, 0.25) is 0 Å². The number of esters is 1. The molecule has 0 fully saturated rings. The fourth-order valence-corrected chi connectivity index (χ4v) is 3.19. The molecule has 7 heteroatoms. The van der Waals surface area contributed by atoms with Gasteiger partial charge in [0.15, 0.2) is 0 Å². The number of carbonyl (C=O) groups excluding carboxylic acids is 1. The molecule has 0 saturated heterocycles. The number of hydrogen-bond acceptors (Lipinski definition) is 5. The Balaban J connectivity index is 1.69. The Morgan fingerprint density at radius 3 is 2.76 bits per heavy atom. The van der Waals surface area contributed by atoms with E-state index in [1.807, 2.05) is 24.6 Å². The molecule has 0 spiro atoms. The fraction of sp³-hybridized carbons (Fsp3) is 0.318. The summed E-state index contributed by atoms with van der Waals surface area (Å²) in [5.74, 6) is -0.225. The molecule has 2 aromatic carbocycles. The van der Waals surface area contributed by atoms with Crippen LogP contribution in [-0.2, 0) is 11.8 Å². The monoisotopic (exact) mass is 400 g/mol. The summed E-state index contributed by atoms with van der Waals surface area (Å²) in [5, 5.41) is 13.7. The number of aromatic nitrogens is 1. The highest BCUT2D eigenvalue weighted by Gasteiger charge is 2.20. The third-order valence-corrected chi connectivity index (χ3v) is 4.79. The van der Waals surface area contributed by atoms with Crippen LogP contribution >= 0.6 is 0 Å². The Morgan fingerprint density at radius 1 is 1.28 bits per heavy atom. The Labute approximate surface area is 168 Å². The van der Waals surface area contributed by atoms with Crippen molar-refractivity contribution in [2.75, 3.05) is 25.1 Å². The lowest BCUT2D eigenvalue weighted by Gasteiger charge is -2.14. The van der Waals surface area contributed by atoms with Gasteiger partial charge in [-0.3, -0.25) is 0 Å². The minimum Gasteiger partial charge on any atom is -0.491 e. The van der Waals surface area contributed by atoms with E-state index in [-0.39, 0.29) is 24.9 Å². The van der Waals surface area contributed by atoms with Crippen molar-refractivity contribution in [1.29, 1.82) is 0 Å². The lowest BCUT2D eigenvalue weighted by Crippen LogP contribution is -2.26. The summed E-state index contributed by atoms with van der Waals surface area (Å²) in [6.07, 6.45) is -0.840. The molecule has 2 N–H and O–H groups in total. The van der Waals surface area contributed by atoms with Crippen molar-refractivity contribution in [1.82, 2.24) is 4.57 Å². The molecule has 1 atom stereocenters. The molecular formula is C22H25FN2O4. The zero-order chi connectivity index (χ0) is 21.0. The molecular weight excluding hydrogens is 375 g/mol. The first-order chi connectivity index (χ1) is 13.9. The number of aliphatic hydroxyl groups is 1. The highest BCUT2D eigenvalue weighted by molar-refractivity contribution is 6.06. The third kappa shape index (κ3) is 4.51. The van der Waals surface area contributed by atoms with Crippen molar-refractivity contribution < 1.29 is 23.8 Å².